The van der Waals surface area contributed by atoms with Crippen molar-refractivity contribution in [3.63, 3.8) is 0 Å². The molecule has 4 heteroatoms. The van der Waals surface area contributed by atoms with Gasteiger partial charge in [-0.3, -0.25) is 0 Å². The van der Waals surface area contributed by atoms with E-state index in [1.54, 1.807) is 12.3 Å². The molecule has 2 heterocycles. The molecule has 2 rings (SSSR count). The fourth-order valence-corrected chi connectivity index (χ4v) is 1.21. The third-order valence-corrected chi connectivity index (χ3v) is 2.23. The standard InChI is InChI=1S/C10H9ClN2O/c1-6-7(2)14-10(13-6)8-3-4-9(11)12-5-8/h3-5H,1-2H3. The van der Waals surface area contributed by atoms with Gasteiger partial charge in [0.15, 0.2) is 0 Å². The second-order valence-corrected chi connectivity index (χ2v) is 3.42. The van der Waals surface area contributed by atoms with Gasteiger partial charge in [0, 0.05) is 6.20 Å². The maximum Gasteiger partial charge on any atom is 0.228 e. The van der Waals surface area contributed by atoms with Gasteiger partial charge in [-0.1, -0.05) is 11.6 Å². The molecule has 3 nitrogen and oxygen atoms in total. The lowest BCUT2D eigenvalue weighted by molar-refractivity contribution is 0.540. The Kier molecular flexibility index (Phi) is 2.25. The van der Waals surface area contributed by atoms with Gasteiger partial charge in [-0.2, -0.15) is 0 Å². The predicted molar refractivity (Wildman–Crippen MR) is 54.2 cm³/mol. The molecule has 0 aliphatic carbocycles. The predicted octanol–water partition coefficient (Wildman–Crippen LogP) is 3.01. The van der Waals surface area contributed by atoms with E-state index in [4.69, 9.17) is 16.0 Å². The molecule has 0 aliphatic heterocycles. The van der Waals surface area contributed by atoms with Crippen LogP contribution in [-0.4, -0.2) is 9.97 Å². The summed E-state index contributed by atoms with van der Waals surface area (Å²) in [5.74, 6) is 1.42. The lowest BCUT2D eigenvalue weighted by Crippen LogP contribution is -1.80. The molecule has 72 valence electrons. The molecule has 2 aromatic rings. The Morgan fingerprint density at radius 1 is 1.29 bits per heavy atom. The molecule has 0 bridgehead atoms. The first-order chi connectivity index (χ1) is 6.66. The summed E-state index contributed by atoms with van der Waals surface area (Å²) in [5, 5.41) is 0.466. The first-order valence-electron chi connectivity index (χ1n) is 4.23. The van der Waals surface area contributed by atoms with E-state index >= 15 is 0 Å². The van der Waals surface area contributed by atoms with Gasteiger partial charge in [0.05, 0.1) is 11.3 Å². The van der Waals surface area contributed by atoms with Crippen LogP contribution in [0.15, 0.2) is 22.7 Å². The summed E-state index contributed by atoms with van der Waals surface area (Å²) >= 11 is 5.67. The van der Waals surface area contributed by atoms with Crippen LogP contribution in [0.4, 0.5) is 0 Å². The van der Waals surface area contributed by atoms with Crippen LogP contribution >= 0.6 is 11.6 Å². The summed E-state index contributed by atoms with van der Waals surface area (Å²) in [7, 11) is 0. The molecule has 0 unspecified atom stereocenters. The van der Waals surface area contributed by atoms with Crippen molar-refractivity contribution in [2.24, 2.45) is 0 Å². The summed E-state index contributed by atoms with van der Waals surface area (Å²) in [5.41, 5.74) is 1.74. The minimum absolute atomic E-state index is 0.466. The highest BCUT2D eigenvalue weighted by Crippen LogP contribution is 2.21. The monoisotopic (exact) mass is 208 g/mol. The fourth-order valence-electron chi connectivity index (χ4n) is 1.10. The Balaban J connectivity index is 2.44. The van der Waals surface area contributed by atoms with Crippen LogP contribution in [0, 0.1) is 13.8 Å². The molecule has 14 heavy (non-hydrogen) atoms. The summed E-state index contributed by atoms with van der Waals surface area (Å²) in [4.78, 5) is 8.22. The molecule has 0 radical (unpaired) electrons. The number of nitrogens with zero attached hydrogens (tertiary/aromatic N) is 2. The van der Waals surface area contributed by atoms with E-state index in [0.29, 0.717) is 11.0 Å². The van der Waals surface area contributed by atoms with Crippen molar-refractivity contribution in [3.8, 4) is 11.5 Å². The number of hydrogen-bond donors (Lipinski definition) is 0. The van der Waals surface area contributed by atoms with E-state index in [1.807, 2.05) is 19.9 Å². The topological polar surface area (TPSA) is 38.9 Å². The zero-order valence-corrected chi connectivity index (χ0v) is 8.67. The lowest BCUT2D eigenvalue weighted by atomic mass is 10.3. The van der Waals surface area contributed by atoms with Gasteiger partial charge >= 0.3 is 0 Å². The lowest BCUT2D eigenvalue weighted by Gasteiger charge is -1.93. The quantitative estimate of drug-likeness (QED) is 0.677. The first-order valence-corrected chi connectivity index (χ1v) is 4.60. The minimum Gasteiger partial charge on any atom is -0.441 e. The van der Waals surface area contributed by atoms with E-state index in [1.165, 1.54) is 0 Å². The van der Waals surface area contributed by atoms with Crippen molar-refractivity contribution in [1.82, 2.24) is 9.97 Å². The van der Waals surface area contributed by atoms with E-state index in [-0.39, 0.29) is 0 Å². The molecule has 2 aromatic heterocycles. The van der Waals surface area contributed by atoms with Crippen molar-refractivity contribution in [3.05, 3.63) is 34.9 Å². The fraction of sp³-hybridized carbons (Fsp3) is 0.200. The van der Waals surface area contributed by atoms with Gasteiger partial charge in [0.2, 0.25) is 5.89 Å². The van der Waals surface area contributed by atoms with Crippen LogP contribution in [0.3, 0.4) is 0 Å². The van der Waals surface area contributed by atoms with Crippen LogP contribution in [0.5, 0.6) is 0 Å². The maximum absolute atomic E-state index is 5.67. The SMILES string of the molecule is Cc1nc(-c2ccc(Cl)nc2)oc1C. The van der Waals surface area contributed by atoms with Gasteiger partial charge in [0.1, 0.15) is 10.9 Å². The number of pyridine rings is 1. The molecule has 0 atom stereocenters. The second kappa shape index (κ2) is 3.42. The number of aromatic nitrogens is 2. The Hall–Kier alpha value is -1.35. The molecular formula is C10H9ClN2O. The van der Waals surface area contributed by atoms with Crippen LogP contribution in [0.25, 0.3) is 11.5 Å². The van der Waals surface area contributed by atoms with E-state index < -0.39 is 0 Å². The number of oxazole rings is 1. The van der Waals surface area contributed by atoms with Crippen LogP contribution in [0.2, 0.25) is 5.15 Å². The van der Waals surface area contributed by atoms with Gasteiger partial charge in [-0.15, -0.1) is 0 Å². The molecular weight excluding hydrogens is 200 g/mol. The Bertz CT molecular complexity index is 428. The molecule has 0 aromatic carbocycles. The highest BCUT2D eigenvalue weighted by molar-refractivity contribution is 6.29. The third kappa shape index (κ3) is 1.63. The largest absolute Gasteiger partial charge is 0.441 e. The first kappa shape index (κ1) is 9.21. The van der Waals surface area contributed by atoms with E-state index in [9.17, 15) is 0 Å². The van der Waals surface area contributed by atoms with Crippen LogP contribution < -0.4 is 0 Å². The third-order valence-electron chi connectivity index (χ3n) is 2.00. The van der Waals surface area contributed by atoms with Gasteiger partial charge in [-0.05, 0) is 26.0 Å². The molecule has 0 fully saturated rings. The summed E-state index contributed by atoms with van der Waals surface area (Å²) in [6.07, 6.45) is 1.65. The Labute approximate surface area is 86.8 Å². The number of aryl methyl sites for hydroxylation is 2. The van der Waals surface area contributed by atoms with Crippen molar-refractivity contribution in [1.29, 1.82) is 0 Å². The number of halogens is 1. The van der Waals surface area contributed by atoms with Crippen molar-refractivity contribution >= 4 is 11.6 Å². The van der Waals surface area contributed by atoms with Crippen molar-refractivity contribution in [2.45, 2.75) is 13.8 Å². The zero-order valence-electron chi connectivity index (χ0n) is 7.91. The van der Waals surface area contributed by atoms with Gasteiger partial charge in [0.25, 0.3) is 0 Å². The minimum atomic E-state index is 0.466. The summed E-state index contributed by atoms with van der Waals surface area (Å²) in [6.45, 7) is 3.79. The van der Waals surface area contributed by atoms with E-state index in [2.05, 4.69) is 9.97 Å². The molecule has 0 amide bonds. The molecule has 0 saturated carbocycles. The molecule has 0 aliphatic rings. The van der Waals surface area contributed by atoms with Crippen molar-refractivity contribution < 1.29 is 4.42 Å². The highest BCUT2D eigenvalue weighted by atomic mass is 35.5. The Morgan fingerprint density at radius 3 is 2.57 bits per heavy atom. The number of hydrogen-bond acceptors (Lipinski definition) is 3. The average molecular weight is 209 g/mol. The van der Waals surface area contributed by atoms with Gasteiger partial charge in [-0.25, -0.2) is 9.97 Å². The summed E-state index contributed by atoms with van der Waals surface area (Å²) in [6, 6.07) is 3.55. The zero-order chi connectivity index (χ0) is 10.1. The normalized spacial score (nSPS) is 10.5. The second-order valence-electron chi connectivity index (χ2n) is 3.03. The van der Waals surface area contributed by atoms with Crippen LogP contribution in [-0.2, 0) is 0 Å². The molecule has 0 N–H and O–H groups in total. The van der Waals surface area contributed by atoms with Crippen LogP contribution in [0.1, 0.15) is 11.5 Å². The summed E-state index contributed by atoms with van der Waals surface area (Å²) < 4.78 is 5.45. The number of rotatable bonds is 1. The van der Waals surface area contributed by atoms with Gasteiger partial charge < -0.3 is 4.42 Å². The highest BCUT2D eigenvalue weighted by Gasteiger charge is 2.07. The molecule has 0 spiro atoms. The van der Waals surface area contributed by atoms with Crippen molar-refractivity contribution in [2.75, 3.05) is 0 Å². The van der Waals surface area contributed by atoms with E-state index in [0.717, 1.165) is 17.0 Å². The smallest absolute Gasteiger partial charge is 0.228 e. The average Bonchev–Trinajstić information content (AvgIpc) is 2.48. The Morgan fingerprint density at radius 2 is 2.07 bits per heavy atom. The molecule has 0 saturated heterocycles. The maximum atomic E-state index is 5.67.